The highest BCUT2D eigenvalue weighted by atomic mass is 79.9. The van der Waals surface area contributed by atoms with Crippen LogP contribution in [0.4, 0.5) is 13.2 Å². The first kappa shape index (κ1) is 26.9. The number of carboxylic acid groups (broad SMARTS) is 1. The van der Waals surface area contributed by atoms with Gasteiger partial charge in [-0.2, -0.15) is 13.2 Å². The van der Waals surface area contributed by atoms with Gasteiger partial charge in [-0.1, -0.05) is 29.8 Å². The van der Waals surface area contributed by atoms with Crippen LogP contribution in [-0.4, -0.2) is 78.1 Å². The molecule has 0 atom stereocenters. The maximum Gasteiger partial charge on any atom is 0.490 e. The minimum atomic E-state index is -5.08. The normalized spacial score (nSPS) is 14.0. The van der Waals surface area contributed by atoms with Crippen LogP contribution in [0.5, 0.6) is 0 Å². The van der Waals surface area contributed by atoms with Crippen LogP contribution in [0.3, 0.4) is 0 Å². The summed E-state index contributed by atoms with van der Waals surface area (Å²) in [5.74, 6) is -2.27. The van der Waals surface area contributed by atoms with Crippen molar-refractivity contribution in [1.82, 2.24) is 15.1 Å². The Hall–Kier alpha value is -2.14. The largest absolute Gasteiger partial charge is 0.490 e. The Bertz CT molecular complexity index is 736. The molecule has 2 amide bonds. The van der Waals surface area contributed by atoms with Crippen LogP contribution in [0.25, 0.3) is 0 Å². The highest BCUT2D eigenvalue weighted by molar-refractivity contribution is 9.10. The van der Waals surface area contributed by atoms with Crippen LogP contribution in [0.1, 0.15) is 30.6 Å². The molecule has 0 aromatic heterocycles. The zero-order valence-corrected chi connectivity index (χ0v) is 19.0. The lowest BCUT2D eigenvalue weighted by Gasteiger charge is -2.29. The molecule has 0 bridgehead atoms. The Morgan fingerprint density at radius 3 is 2.13 bits per heavy atom. The fourth-order valence-corrected chi connectivity index (χ4v) is 3.06. The molecule has 1 saturated heterocycles. The molecule has 31 heavy (non-hydrogen) atoms. The molecule has 11 heteroatoms. The number of alkyl halides is 3. The van der Waals surface area contributed by atoms with Crippen molar-refractivity contribution in [1.29, 1.82) is 0 Å². The molecule has 0 spiro atoms. The second-order valence-corrected chi connectivity index (χ2v) is 8.25. The second-order valence-electron chi connectivity index (χ2n) is 7.34. The van der Waals surface area contributed by atoms with Gasteiger partial charge < -0.3 is 20.2 Å². The SMILES string of the molecule is CC(C)CN(CCC(=O)N1CCNCC1)C(=O)c1ccc(Br)cc1.O=C(O)C(F)(F)F. The number of nitrogens with one attached hydrogen (secondary N) is 1. The number of carbonyl (C=O) groups is 3. The van der Waals surface area contributed by atoms with Crippen LogP contribution >= 0.6 is 15.9 Å². The number of benzene rings is 1. The molecule has 174 valence electrons. The van der Waals surface area contributed by atoms with Crippen LogP contribution < -0.4 is 5.32 Å². The maximum atomic E-state index is 12.8. The van der Waals surface area contributed by atoms with E-state index in [2.05, 4.69) is 35.1 Å². The molecule has 1 aliphatic heterocycles. The number of rotatable bonds is 6. The smallest absolute Gasteiger partial charge is 0.475 e. The molecule has 0 aliphatic carbocycles. The number of nitrogens with zero attached hydrogens (tertiary/aromatic N) is 2. The van der Waals surface area contributed by atoms with Gasteiger partial charge in [0, 0.05) is 55.7 Å². The number of amides is 2. The van der Waals surface area contributed by atoms with E-state index in [1.165, 1.54) is 0 Å². The molecular formula is C20H27BrF3N3O4. The number of hydrogen-bond acceptors (Lipinski definition) is 4. The fourth-order valence-electron chi connectivity index (χ4n) is 2.79. The molecule has 2 N–H and O–H groups in total. The van der Waals surface area contributed by atoms with Gasteiger partial charge in [-0.3, -0.25) is 9.59 Å². The molecule has 0 saturated carbocycles. The van der Waals surface area contributed by atoms with Gasteiger partial charge in [-0.15, -0.1) is 0 Å². The van der Waals surface area contributed by atoms with Gasteiger partial charge in [-0.25, -0.2) is 4.79 Å². The van der Waals surface area contributed by atoms with Crippen molar-refractivity contribution in [2.24, 2.45) is 5.92 Å². The molecule has 1 aromatic carbocycles. The summed E-state index contributed by atoms with van der Waals surface area (Å²) in [6.45, 7) is 8.49. The van der Waals surface area contributed by atoms with Crippen LogP contribution in [0.2, 0.25) is 0 Å². The van der Waals surface area contributed by atoms with E-state index >= 15 is 0 Å². The first-order valence-corrected chi connectivity index (χ1v) is 10.5. The van der Waals surface area contributed by atoms with Crippen molar-refractivity contribution in [3.63, 3.8) is 0 Å². The first-order valence-electron chi connectivity index (χ1n) is 9.75. The summed E-state index contributed by atoms with van der Waals surface area (Å²) in [6.07, 6.45) is -4.70. The van der Waals surface area contributed by atoms with E-state index in [0.29, 0.717) is 31.0 Å². The maximum absolute atomic E-state index is 12.8. The predicted octanol–water partition coefficient (Wildman–Crippen LogP) is 3.00. The van der Waals surface area contributed by atoms with Crippen LogP contribution in [0, 0.1) is 5.92 Å². The van der Waals surface area contributed by atoms with E-state index in [1.807, 2.05) is 29.2 Å². The zero-order chi connectivity index (χ0) is 23.6. The minimum Gasteiger partial charge on any atom is -0.475 e. The average Bonchev–Trinajstić information content (AvgIpc) is 2.71. The third-order valence-corrected chi connectivity index (χ3v) is 4.80. The Morgan fingerprint density at radius 1 is 1.16 bits per heavy atom. The number of carboxylic acids is 1. The summed E-state index contributed by atoms with van der Waals surface area (Å²) in [6, 6.07) is 7.37. The van der Waals surface area contributed by atoms with Gasteiger partial charge in [0.05, 0.1) is 0 Å². The Kier molecular flexibility index (Phi) is 11.0. The topological polar surface area (TPSA) is 90.0 Å². The molecule has 0 radical (unpaired) electrons. The highest BCUT2D eigenvalue weighted by Crippen LogP contribution is 2.14. The second kappa shape index (κ2) is 12.7. The van der Waals surface area contributed by atoms with Crippen molar-refractivity contribution in [2.75, 3.05) is 39.3 Å². The molecule has 1 aliphatic rings. The summed E-state index contributed by atoms with van der Waals surface area (Å²) >= 11 is 3.39. The molecule has 1 heterocycles. The fraction of sp³-hybridized carbons (Fsp3) is 0.550. The monoisotopic (exact) mass is 509 g/mol. The zero-order valence-electron chi connectivity index (χ0n) is 17.4. The summed E-state index contributed by atoms with van der Waals surface area (Å²) in [4.78, 5) is 37.7. The quantitative estimate of drug-likeness (QED) is 0.615. The molecule has 7 nitrogen and oxygen atoms in total. The Morgan fingerprint density at radius 2 is 1.68 bits per heavy atom. The molecular weight excluding hydrogens is 483 g/mol. The molecule has 0 unspecified atom stereocenters. The summed E-state index contributed by atoms with van der Waals surface area (Å²) in [5, 5.41) is 10.4. The number of aliphatic carboxylic acids is 1. The van der Waals surface area contributed by atoms with Gasteiger partial charge in [0.25, 0.3) is 5.91 Å². The van der Waals surface area contributed by atoms with E-state index in [-0.39, 0.29) is 11.8 Å². The lowest BCUT2D eigenvalue weighted by atomic mass is 10.1. The van der Waals surface area contributed by atoms with Gasteiger partial charge in [0.2, 0.25) is 5.91 Å². The number of piperazine rings is 1. The highest BCUT2D eigenvalue weighted by Gasteiger charge is 2.38. The van der Waals surface area contributed by atoms with Gasteiger partial charge in [0.15, 0.2) is 0 Å². The van der Waals surface area contributed by atoms with E-state index in [4.69, 9.17) is 9.90 Å². The third kappa shape index (κ3) is 10.1. The van der Waals surface area contributed by atoms with E-state index in [9.17, 15) is 22.8 Å². The van der Waals surface area contributed by atoms with Crippen LogP contribution in [0.15, 0.2) is 28.7 Å². The predicted molar refractivity (Wildman–Crippen MR) is 113 cm³/mol. The lowest BCUT2D eigenvalue weighted by Crippen LogP contribution is -2.47. The van der Waals surface area contributed by atoms with Crippen LogP contribution in [-0.2, 0) is 9.59 Å². The minimum absolute atomic E-state index is 0.00990. The first-order chi connectivity index (χ1) is 14.4. The van der Waals surface area contributed by atoms with Crippen molar-refractivity contribution < 1.29 is 32.7 Å². The number of carbonyl (C=O) groups excluding carboxylic acids is 2. The average molecular weight is 510 g/mol. The molecule has 1 fully saturated rings. The summed E-state index contributed by atoms with van der Waals surface area (Å²) in [5.41, 5.74) is 0.661. The lowest BCUT2D eigenvalue weighted by molar-refractivity contribution is -0.192. The molecule has 1 aromatic rings. The Labute approximate surface area is 187 Å². The van der Waals surface area contributed by atoms with Crippen molar-refractivity contribution in [3.05, 3.63) is 34.3 Å². The van der Waals surface area contributed by atoms with E-state index in [0.717, 1.165) is 30.7 Å². The van der Waals surface area contributed by atoms with Crippen molar-refractivity contribution in [2.45, 2.75) is 26.4 Å². The summed E-state index contributed by atoms with van der Waals surface area (Å²) < 4.78 is 32.7. The number of halogens is 4. The van der Waals surface area contributed by atoms with Crippen molar-refractivity contribution in [3.8, 4) is 0 Å². The van der Waals surface area contributed by atoms with Gasteiger partial charge in [-0.05, 0) is 30.2 Å². The third-order valence-electron chi connectivity index (χ3n) is 4.27. The van der Waals surface area contributed by atoms with Gasteiger partial charge >= 0.3 is 12.1 Å². The standard InChI is InChI=1S/C18H26BrN3O2.C2HF3O2/c1-14(2)13-22(18(24)15-3-5-16(19)6-4-15)10-7-17(23)21-11-8-20-9-12-21;3-2(4,5)1(6)7/h3-6,14,20H,7-13H2,1-2H3;(H,6,7). The van der Waals surface area contributed by atoms with Crippen molar-refractivity contribution >= 4 is 33.7 Å². The van der Waals surface area contributed by atoms with E-state index in [1.54, 1.807) is 4.90 Å². The summed E-state index contributed by atoms with van der Waals surface area (Å²) in [7, 11) is 0. The van der Waals surface area contributed by atoms with E-state index < -0.39 is 12.1 Å². The Balaban J connectivity index is 0.000000592. The number of hydrogen-bond donors (Lipinski definition) is 2. The van der Waals surface area contributed by atoms with Gasteiger partial charge in [0.1, 0.15) is 0 Å². The molecule has 2 rings (SSSR count).